The van der Waals surface area contributed by atoms with E-state index in [1.54, 1.807) is 6.08 Å². The first-order valence-corrected chi connectivity index (χ1v) is 5.71. The second-order valence-electron chi connectivity index (χ2n) is 3.87. The summed E-state index contributed by atoms with van der Waals surface area (Å²) in [7, 11) is 0. The molecule has 0 spiro atoms. The average Bonchev–Trinajstić information content (AvgIpc) is 2.43. The van der Waals surface area contributed by atoms with Crippen LogP contribution in [0.1, 0.15) is 11.1 Å². The lowest BCUT2D eigenvalue weighted by molar-refractivity contribution is -0.0617. The second-order valence-corrected chi connectivity index (χ2v) is 3.87. The number of benzene rings is 1. The average molecular weight is 245 g/mol. The predicted molar refractivity (Wildman–Crippen MR) is 74.5 cm³/mol. The van der Waals surface area contributed by atoms with Gasteiger partial charge in [0.2, 0.25) is 0 Å². The third-order valence-electron chi connectivity index (χ3n) is 2.73. The van der Waals surface area contributed by atoms with Crippen LogP contribution in [0.4, 0.5) is 0 Å². The molecule has 3 nitrogen and oxygen atoms in total. The molecule has 18 heavy (non-hydrogen) atoms. The third kappa shape index (κ3) is 3.40. The van der Waals surface area contributed by atoms with Gasteiger partial charge in [0, 0.05) is 6.54 Å². The predicted octanol–water partition coefficient (Wildman–Crippen LogP) is 2.14. The zero-order chi connectivity index (χ0) is 13.5. The molecule has 96 valence electrons. The van der Waals surface area contributed by atoms with Crippen LogP contribution >= 0.6 is 0 Å². The standard InChI is InChI=1S/C15H19NO2/c1-4-12-9-7-8-10-13(12)11-16(14(17)5-2)15(18)6-3/h4-10,14-15,17-18H,1-3,11H2. The highest BCUT2D eigenvalue weighted by Crippen LogP contribution is 2.16. The summed E-state index contributed by atoms with van der Waals surface area (Å²) >= 11 is 0. The Kier molecular flexibility index (Phi) is 5.52. The lowest BCUT2D eigenvalue weighted by Gasteiger charge is -2.29. The van der Waals surface area contributed by atoms with Crippen molar-refractivity contribution >= 4 is 6.08 Å². The molecule has 0 bridgehead atoms. The third-order valence-corrected chi connectivity index (χ3v) is 2.73. The molecule has 0 aliphatic rings. The maximum absolute atomic E-state index is 9.82. The van der Waals surface area contributed by atoms with Gasteiger partial charge in [-0.15, -0.1) is 0 Å². The molecule has 1 rings (SSSR count). The van der Waals surface area contributed by atoms with Crippen LogP contribution in [0.15, 0.2) is 56.2 Å². The van der Waals surface area contributed by atoms with Crippen LogP contribution in [-0.4, -0.2) is 27.6 Å². The molecule has 3 heteroatoms. The molecule has 0 aromatic heterocycles. The Labute approximate surface area is 108 Å². The summed E-state index contributed by atoms with van der Waals surface area (Å²) in [5, 5.41) is 19.6. The van der Waals surface area contributed by atoms with Crippen molar-refractivity contribution in [1.29, 1.82) is 0 Å². The SMILES string of the molecule is C=Cc1ccccc1CN(C(O)C=C)C(O)C=C. The summed E-state index contributed by atoms with van der Waals surface area (Å²) in [4.78, 5) is 1.47. The maximum atomic E-state index is 9.82. The molecule has 0 aliphatic carbocycles. The first kappa shape index (κ1) is 14.4. The van der Waals surface area contributed by atoms with E-state index in [2.05, 4.69) is 19.7 Å². The van der Waals surface area contributed by atoms with Gasteiger partial charge < -0.3 is 10.2 Å². The second kappa shape index (κ2) is 6.91. The number of nitrogens with zero attached hydrogens (tertiary/aromatic N) is 1. The monoisotopic (exact) mass is 245 g/mol. The molecule has 0 radical (unpaired) electrons. The molecule has 2 atom stereocenters. The quantitative estimate of drug-likeness (QED) is 0.571. The Morgan fingerprint density at radius 3 is 2.11 bits per heavy atom. The van der Waals surface area contributed by atoms with Gasteiger partial charge in [-0.1, -0.05) is 50.1 Å². The van der Waals surface area contributed by atoms with Gasteiger partial charge in [-0.3, -0.25) is 0 Å². The van der Waals surface area contributed by atoms with Crippen molar-refractivity contribution in [2.75, 3.05) is 0 Å². The summed E-state index contributed by atoms with van der Waals surface area (Å²) in [6.07, 6.45) is 2.60. The fraction of sp³-hybridized carbons (Fsp3) is 0.200. The van der Waals surface area contributed by atoms with Crippen molar-refractivity contribution < 1.29 is 10.2 Å². The smallest absolute Gasteiger partial charge is 0.128 e. The van der Waals surface area contributed by atoms with E-state index in [9.17, 15) is 10.2 Å². The largest absolute Gasteiger partial charge is 0.375 e. The van der Waals surface area contributed by atoms with Crippen molar-refractivity contribution in [3.8, 4) is 0 Å². The highest BCUT2D eigenvalue weighted by atomic mass is 16.3. The van der Waals surface area contributed by atoms with E-state index in [0.717, 1.165) is 11.1 Å². The van der Waals surface area contributed by atoms with E-state index < -0.39 is 12.5 Å². The summed E-state index contributed by atoms with van der Waals surface area (Å²) < 4.78 is 0. The van der Waals surface area contributed by atoms with Crippen molar-refractivity contribution in [3.05, 3.63) is 67.3 Å². The molecule has 0 aliphatic heterocycles. The highest BCUT2D eigenvalue weighted by Gasteiger charge is 2.19. The minimum Gasteiger partial charge on any atom is -0.375 e. The van der Waals surface area contributed by atoms with Crippen molar-refractivity contribution in [2.45, 2.75) is 19.0 Å². The van der Waals surface area contributed by atoms with Crippen LogP contribution in [0.5, 0.6) is 0 Å². The summed E-state index contributed by atoms with van der Waals surface area (Å²) in [5.74, 6) is 0. The van der Waals surface area contributed by atoms with Crippen LogP contribution < -0.4 is 0 Å². The van der Waals surface area contributed by atoms with Gasteiger partial charge in [-0.25, -0.2) is 4.90 Å². The van der Waals surface area contributed by atoms with Gasteiger partial charge >= 0.3 is 0 Å². The first-order chi connectivity index (χ1) is 8.63. The number of aliphatic hydroxyl groups is 2. The first-order valence-electron chi connectivity index (χ1n) is 5.71. The molecule has 2 unspecified atom stereocenters. The number of rotatable bonds is 7. The highest BCUT2D eigenvalue weighted by molar-refractivity contribution is 5.51. The van der Waals surface area contributed by atoms with E-state index in [0.29, 0.717) is 6.54 Å². The van der Waals surface area contributed by atoms with E-state index >= 15 is 0 Å². The van der Waals surface area contributed by atoms with Crippen molar-refractivity contribution in [3.63, 3.8) is 0 Å². The minimum absolute atomic E-state index is 0.378. The van der Waals surface area contributed by atoms with E-state index in [-0.39, 0.29) is 0 Å². The van der Waals surface area contributed by atoms with Crippen LogP contribution in [0.3, 0.4) is 0 Å². The number of aliphatic hydroxyl groups excluding tert-OH is 2. The Balaban J connectivity index is 2.98. The molecule has 0 fully saturated rings. The topological polar surface area (TPSA) is 43.7 Å². The van der Waals surface area contributed by atoms with Crippen LogP contribution in [-0.2, 0) is 6.54 Å². The van der Waals surface area contributed by atoms with Crippen LogP contribution in [0.2, 0.25) is 0 Å². The summed E-state index contributed by atoms with van der Waals surface area (Å²) in [6, 6.07) is 7.68. The van der Waals surface area contributed by atoms with Crippen molar-refractivity contribution in [2.24, 2.45) is 0 Å². The fourth-order valence-electron chi connectivity index (χ4n) is 1.69. The van der Waals surface area contributed by atoms with Gasteiger partial charge in [0.15, 0.2) is 0 Å². The van der Waals surface area contributed by atoms with Gasteiger partial charge in [-0.05, 0) is 23.3 Å². The molecule has 2 N–H and O–H groups in total. The molecular formula is C15H19NO2. The minimum atomic E-state index is -0.934. The van der Waals surface area contributed by atoms with E-state index in [1.165, 1.54) is 17.1 Å². The zero-order valence-corrected chi connectivity index (χ0v) is 10.4. The lowest BCUT2D eigenvalue weighted by atomic mass is 10.1. The van der Waals surface area contributed by atoms with Gasteiger partial charge in [0.25, 0.3) is 0 Å². The molecule has 0 amide bonds. The number of hydrogen-bond acceptors (Lipinski definition) is 3. The van der Waals surface area contributed by atoms with Crippen molar-refractivity contribution in [1.82, 2.24) is 4.90 Å². The molecule has 1 aromatic rings. The van der Waals surface area contributed by atoms with Gasteiger partial charge in [-0.2, -0.15) is 0 Å². The van der Waals surface area contributed by atoms with Crippen LogP contribution in [0, 0.1) is 0 Å². The Hall–Kier alpha value is -1.68. The van der Waals surface area contributed by atoms with Crippen LogP contribution in [0.25, 0.3) is 6.08 Å². The summed E-state index contributed by atoms with van der Waals surface area (Å²) in [6.45, 7) is 11.2. The van der Waals surface area contributed by atoms with Gasteiger partial charge in [0.1, 0.15) is 12.5 Å². The lowest BCUT2D eigenvalue weighted by Crippen LogP contribution is -2.40. The molecular weight excluding hydrogens is 226 g/mol. The normalized spacial score (nSPS) is 13.9. The molecule has 0 saturated heterocycles. The molecule has 1 aromatic carbocycles. The van der Waals surface area contributed by atoms with E-state index in [4.69, 9.17) is 0 Å². The Morgan fingerprint density at radius 1 is 1.06 bits per heavy atom. The summed E-state index contributed by atoms with van der Waals surface area (Å²) in [5.41, 5.74) is 1.93. The number of hydrogen-bond donors (Lipinski definition) is 2. The maximum Gasteiger partial charge on any atom is 0.128 e. The molecule has 0 heterocycles. The fourth-order valence-corrected chi connectivity index (χ4v) is 1.69. The van der Waals surface area contributed by atoms with E-state index in [1.807, 2.05) is 24.3 Å². The zero-order valence-electron chi connectivity index (χ0n) is 10.4. The van der Waals surface area contributed by atoms with Gasteiger partial charge in [0.05, 0.1) is 0 Å². The Morgan fingerprint density at radius 2 is 1.61 bits per heavy atom. The molecule has 0 saturated carbocycles. The Bertz CT molecular complexity index is 414.